The molecule has 0 saturated carbocycles. The summed E-state index contributed by atoms with van der Waals surface area (Å²) in [5, 5.41) is 9.91. The molecule has 2 aliphatic heterocycles. The molecule has 1 N–H and O–H groups in total. The first kappa shape index (κ1) is 18.6. The minimum Gasteiger partial charge on any atom is -0.392 e. The standard InChI is InChI=1S/C23H31N3O/c27-23-11-12-24(19-23)17-22-18-25(15-20-7-3-1-4-8-20)13-14-26(22)16-21-9-5-2-6-10-21/h1-10,22-23,27H,11-19H2/t22?,23-/m1/s1. The largest absolute Gasteiger partial charge is 0.392 e. The van der Waals surface area contributed by atoms with Gasteiger partial charge in [-0.3, -0.25) is 14.7 Å². The normalized spacial score (nSPS) is 25.1. The van der Waals surface area contributed by atoms with Gasteiger partial charge in [-0.2, -0.15) is 0 Å². The third-order valence-corrected chi connectivity index (χ3v) is 5.88. The van der Waals surface area contributed by atoms with Gasteiger partial charge in [-0.1, -0.05) is 60.7 Å². The molecule has 0 amide bonds. The predicted octanol–water partition coefficient (Wildman–Crippen LogP) is 2.44. The molecule has 4 rings (SSSR count). The Balaban J connectivity index is 1.42. The molecule has 0 spiro atoms. The lowest BCUT2D eigenvalue weighted by Gasteiger charge is -2.43. The summed E-state index contributed by atoms with van der Waals surface area (Å²) in [6.07, 6.45) is 0.774. The molecule has 2 aromatic rings. The summed E-state index contributed by atoms with van der Waals surface area (Å²) in [5.41, 5.74) is 2.78. The van der Waals surface area contributed by atoms with Crippen LogP contribution in [0, 0.1) is 0 Å². The molecule has 2 heterocycles. The van der Waals surface area contributed by atoms with Crippen LogP contribution in [0.4, 0.5) is 0 Å². The van der Waals surface area contributed by atoms with Gasteiger partial charge in [0.05, 0.1) is 6.10 Å². The predicted molar refractivity (Wildman–Crippen MR) is 109 cm³/mol. The van der Waals surface area contributed by atoms with E-state index in [9.17, 15) is 5.11 Å². The van der Waals surface area contributed by atoms with E-state index in [1.54, 1.807) is 0 Å². The first-order chi connectivity index (χ1) is 13.3. The fraction of sp³-hybridized carbons (Fsp3) is 0.478. The Bertz CT molecular complexity index is 693. The van der Waals surface area contributed by atoms with Crippen molar-refractivity contribution < 1.29 is 5.11 Å². The van der Waals surface area contributed by atoms with Gasteiger partial charge in [0.25, 0.3) is 0 Å². The van der Waals surface area contributed by atoms with E-state index >= 15 is 0 Å². The Morgan fingerprint density at radius 2 is 1.41 bits per heavy atom. The number of rotatable bonds is 6. The smallest absolute Gasteiger partial charge is 0.0679 e. The zero-order valence-corrected chi connectivity index (χ0v) is 16.1. The van der Waals surface area contributed by atoms with Crippen molar-refractivity contribution in [2.24, 2.45) is 0 Å². The van der Waals surface area contributed by atoms with Crippen molar-refractivity contribution >= 4 is 0 Å². The van der Waals surface area contributed by atoms with Crippen LogP contribution in [0.5, 0.6) is 0 Å². The van der Waals surface area contributed by atoms with Crippen molar-refractivity contribution in [3.05, 3.63) is 71.8 Å². The quantitative estimate of drug-likeness (QED) is 0.852. The number of benzene rings is 2. The fourth-order valence-electron chi connectivity index (χ4n) is 4.42. The van der Waals surface area contributed by atoms with Crippen LogP contribution in [0.1, 0.15) is 17.5 Å². The second-order valence-corrected chi connectivity index (χ2v) is 8.03. The van der Waals surface area contributed by atoms with Gasteiger partial charge in [0.1, 0.15) is 0 Å². The molecule has 0 aromatic heterocycles. The SMILES string of the molecule is O[C@@H]1CCN(CC2CN(Cc3ccccc3)CCN2Cc2ccccc2)C1. The number of β-amino-alcohol motifs (C(OH)–C–C–N with tert-alkyl or cyclic N) is 1. The summed E-state index contributed by atoms with van der Waals surface area (Å²) in [4.78, 5) is 7.68. The first-order valence-corrected chi connectivity index (χ1v) is 10.2. The van der Waals surface area contributed by atoms with Crippen molar-refractivity contribution in [2.45, 2.75) is 31.7 Å². The Morgan fingerprint density at radius 3 is 2.04 bits per heavy atom. The molecule has 0 bridgehead atoms. The van der Waals surface area contributed by atoms with Gasteiger partial charge < -0.3 is 5.11 Å². The maximum atomic E-state index is 9.91. The third kappa shape index (κ3) is 5.17. The summed E-state index contributed by atoms with van der Waals surface area (Å²) < 4.78 is 0. The molecule has 4 heteroatoms. The van der Waals surface area contributed by atoms with E-state index in [-0.39, 0.29) is 6.10 Å². The average molecular weight is 366 g/mol. The molecule has 2 aromatic carbocycles. The number of nitrogens with zero attached hydrogens (tertiary/aromatic N) is 3. The zero-order chi connectivity index (χ0) is 18.5. The molecule has 2 atom stereocenters. The molecule has 4 nitrogen and oxygen atoms in total. The van der Waals surface area contributed by atoms with Crippen molar-refractivity contribution in [3.63, 3.8) is 0 Å². The highest BCUT2D eigenvalue weighted by molar-refractivity contribution is 5.16. The lowest BCUT2D eigenvalue weighted by atomic mass is 10.1. The highest BCUT2D eigenvalue weighted by atomic mass is 16.3. The Labute approximate surface area is 163 Å². The van der Waals surface area contributed by atoms with Gasteiger partial charge in [0, 0.05) is 58.4 Å². The summed E-state index contributed by atoms with van der Waals surface area (Å²) in [6, 6.07) is 22.1. The second-order valence-electron chi connectivity index (χ2n) is 8.03. The number of hydrogen-bond acceptors (Lipinski definition) is 4. The average Bonchev–Trinajstić information content (AvgIpc) is 3.10. The van der Waals surface area contributed by atoms with Crippen LogP contribution in [0.15, 0.2) is 60.7 Å². The molecule has 144 valence electrons. The van der Waals surface area contributed by atoms with Crippen LogP contribution in [0.2, 0.25) is 0 Å². The van der Waals surface area contributed by atoms with Crippen LogP contribution in [-0.4, -0.2) is 71.2 Å². The van der Waals surface area contributed by atoms with E-state index in [1.165, 1.54) is 11.1 Å². The molecule has 0 aliphatic carbocycles. The summed E-state index contributed by atoms with van der Waals surface area (Å²) in [7, 11) is 0. The fourth-order valence-corrected chi connectivity index (χ4v) is 4.42. The van der Waals surface area contributed by atoms with Gasteiger partial charge in [-0.15, -0.1) is 0 Å². The van der Waals surface area contributed by atoms with Crippen LogP contribution < -0.4 is 0 Å². The molecular weight excluding hydrogens is 334 g/mol. The summed E-state index contributed by atoms with van der Waals surface area (Å²) in [6.45, 7) is 8.25. The summed E-state index contributed by atoms with van der Waals surface area (Å²) in [5.74, 6) is 0. The molecule has 27 heavy (non-hydrogen) atoms. The van der Waals surface area contributed by atoms with Crippen LogP contribution >= 0.6 is 0 Å². The highest BCUT2D eigenvalue weighted by Gasteiger charge is 2.30. The number of aliphatic hydroxyl groups excluding tert-OH is 1. The minimum absolute atomic E-state index is 0.142. The van der Waals surface area contributed by atoms with Gasteiger partial charge in [0.15, 0.2) is 0 Å². The van der Waals surface area contributed by atoms with Crippen molar-refractivity contribution in [1.82, 2.24) is 14.7 Å². The van der Waals surface area contributed by atoms with Gasteiger partial charge in [-0.25, -0.2) is 0 Å². The van der Waals surface area contributed by atoms with Crippen molar-refractivity contribution in [2.75, 3.05) is 39.3 Å². The third-order valence-electron chi connectivity index (χ3n) is 5.88. The topological polar surface area (TPSA) is 30.0 Å². The highest BCUT2D eigenvalue weighted by Crippen LogP contribution is 2.19. The number of aliphatic hydroxyl groups is 1. The van der Waals surface area contributed by atoms with Crippen LogP contribution in [0.3, 0.4) is 0 Å². The number of hydrogen-bond donors (Lipinski definition) is 1. The first-order valence-electron chi connectivity index (χ1n) is 10.2. The lowest BCUT2D eigenvalue weighted by Crippen LogP contribution is -2.56. The second kappa shape index (κ2) is 8.98. The number of piperazine rings is 1. The lowest BCUT2D eigenvalue weighted by molar-refractivity contribution is 0.0436. The summed E-state index contributed by atoms with van der Waals surface area (Å²) >= 11 is 0. The van der Waals surface area contributed by atoms with Gasteiger partial charge >= 0.3 is 0 Å². The Hall–Kier alpha value is -1.72. The van der Waals surface area contributed by atoms with Crippen LogP contribution in [-0.2, 0) is 13.1 Å². The molecule has 2 saturated heterocycles. The Morgan fingerprint density at radius 1 is 0.741 bits per heavy atom. The van der Waals surface area contributed by atoms with Crippen LogP contribution in [0.25, 0.3) is 0 Å². The molecular formula is C23H31N3O. The minimum atomic E-state index is -0.142. The monoisotopic (exact) mass is 365 g/mol. The zero-order valence-electron chi connectivity index (χ0n) is 16.1. The molecule has 0 radical (unpaired) electrons. The van der Waals surface area contributed by atoms with Crippen molar-refractivity contribution in [1.29, 1.82) is 0 Å². The van der Waals surface area contributed by atoms with Crippen molar-refractivity contribution in [3.8, 4) is 0 Å². The molecule has 1 unspecified atom stereocenters. The van der Waals surface area contributed by atoms with E-state index in [0.29, 0.717) is 6.04 Å². The van der Waals surface area contributed by atoms with E-state index < -0.39 is 0 Å². The molecule has 2 aliphatic rings. The van der Waals surface area contributed by atoms with E-state index in [0.717, 1.165) is 58.8 Å². The van der Waals surface area contributed by atoms with E-state index in [2.05, 4.69) is 75.4 Å². The van der Waals surface area contributed by atoms with E-state index in [1.807, 2.05) is 0 Å². The van der Waals surface area contributed by atoms with E-state index in [4.69, 9.17) is 0 Å². The maximum Gasteiger partial charge on any atom is 0.0679 e. The van der Waals surface area contributed by atoms with Gasteiger partial charge in [-0.05, 0) is 17.5 Å². The number of likely N-dealkylation sites (tertiary alicyclic amines) is 1. The maximum absolute atomic E-state index is 9.91. The van der Waals surface area contributed by atoms with Gasteiger partial charge in [0.2, 0.25) is 0 Å². The molecule has 2 fully saturated rings. The Kier molecular flexibility index (Phi) is 6.20.